The van der Waals surface area contributed by atoms with Gasteiger partial charge >= 0.3 is 6.09 Å². The Kier molecular flexibility index (Phi) is 8.11. The van der Waals surface area contributed by atoms with Gasteiger partial charge in [0.2, 0.25) is 5.91 Å². The van der Waals surface area contributed by atoms with Crippen LogP contribution in [0.2, 0.25) is 5.02 Å². The highest BCUT2D eigenvalue weighted by Gasteiger charge is 2.32. The molecule has 0 aromatic heterocycles. The van der Waals surface area contributed by atoms with E-state index in [-0.39, 0.29) is 24.3 Å². The number of ether oxygens (including phenoxy) is 1. The Morgan fingerprint density at radius 2 is 1.62 bits per heavy atom. The lowest BCUT2D eigenvalue weighted by Gasteiger charge is -2.37. The smallest absolute Gasteiger partial charge is 0.408 e. The van der Waals surface area contributed by atoms with Crippen LogP contribution in [0.15, 0.2) is 54.6 Å². The van der Waals surface area contributed by atoms with E-state index >= 15 is 0 Å². The number of amides is 3. The average molecular weight is 458 g/mol. The van der Waals surface area contributed by atoms with Crippen LogP contribution in [0.4, 0.5) is 4.79 Å². The topological polar surface area (TPSA) is 79.0 Å². The summed E-state index contributed by atoms with van der Waals surface area (Å²) in [4.78, 5) is 41.4. The maximum atomic E-state index is 13.1. The van der Waals surface area contributed by atoms with Crippen molar-refractivity contribution in [2.45, 2.75) is 26.5 Å². The third kappa shape index (κ3) is 6.23. The second-order valence-electron chi connectivity index (χ2n) is 8.06. The Morgan fingerprint density at radius 1 is 0.969 bits per heavy atom. The summed E-state index contributed by atoms with van der Waals surface area (Å²) in [5.74, 6) is -0.396. The van der Waals surface area contributed by atoms with E-state index in [1.54, 1.807) is 34.1 Å². The third-order valence-corrected chi connectivity index (χ3v) is 5.60. The Labute approximate surface area is 193 Å². The fraction of sp³-hybridized carbons (Fsp3) is 0.375. The van der Waals surface area contributed by atoms with Gasteiger partial charge < -0.3 is 19.9 Å². The zero-order valence-electron chi connectivity index (χ0n) is 18.3. The van der Waals surface area contributed by atoms with Crippen molar-refractivity contribution in [3.8, 4) is 0 Å². The fourth-order valence-corrected chi connectivity index (χ4v) is 3.73. The highest BCUT2D eigenvalue weighted by atomic mass is 35.5. The van der Waals surface area contributed by atoms with Gasteiger partial charge in [-0.05, 0) is 29.7 Å². The third-order valence-electron chi connectivity index (χ3n) is 5.37. The van der Waals surface area contributed by atoms with Crippen molar-refractivity contribution < 1.29 is 19.1 Å². The summed E-state index contributed by atoms with van der Waals surface area (Å²) in [6.07, 6.45) is -0.629. The molecule has 170 valence electrons. The summed E-state index contributed by atoms with van der Waals surface area (Å²) in [5.41, 5.74) is 1.40. The Bertz CT molecular complexity index is 943. The molecule has 1 fully saturated rings. The summed E-state index contributed by atoms with van der Waals surface area (Å²) in [6.45, 7) is 5.51. The molecular weight excluding hydrogens is 430 g/mol. The van der Waals surface area contributed by atoms with E-state index in [4.69, 9.17) is 16.3 Å². The Hall–Kier alpha value is -3.06. The lowest BCUT2D eigenvalue weighted by Crippen LogP contribution is -2.57. The first-order chi connectivity index (χ1) is 15.3. The van der Waals surface area contributed by atoms with Gasteiger partial charge in [-0.25, -0.2) is 4.79 Å². The molecule has 2 aromatic rings. The summed E-state index contributed by atoms with van der Waals surface area (Å²) in [7, 11) is 0. The lowest BCUT2D eigenvalue weighted by molar-refractivity contribution is -0.135. The van der Waals surface area contributed by atoms with Crippen LogP contribution in [0.25, 0.3) is 0 Å². The molecule has 0 spiro atoms. The zero-order valence-corrected chi connectivity index (χ0v) is 19.0. The predicted molar refractivity (Wildman–Crippen MR) is 122 cm³/mol. The van der Waals surface area contributed by atoms with Crippen molar-refractivity contribution in [1.29, 1.82) is 0 Å². The molecule has 1 aliphatic rings. The second kappa shape index (κ2) is 11.0. The van der Waals surface area contributed by atoms with E-state index in [1.165, 1.54) is 0 Å². The van der Waals surface area contributed by atoms with Crippen LogP contribution in [0.5, 0.6) is 0 Å². The number of carbonyl (C=O) groups is 3. The minimum Gasteiger partial charge on any atom is -0.445 e. The number of benzene rings is 2. The lowest BCUT2D eigenvalue weighted by atomic mass is 10.0. The van der Waals surface area contributed by atoms with Crippen LogP contribution in [0, 0.1) is 5.92 Å². The molecule has 0 aliphatic carbocycles. The van der Waals surface area contributed by atoms with E-state index in [0.717, 1.165) is 5.56 Å². The number of hydrogen-bond donors (Lipinski definition) is 1. The molecule has 7 nitrogen and oxygen atoms in total. The van der Waals surface area contributed by atoms with Crippen molar-refractivity contribution in [3.63, 3.8) is 0 Å². The van der Waals surface area contributed by atoms with Crippen LogP contribution in [0.1, 0.15) is 29.8 Å². The summed E-state index contributed by atoms with van der Waals surface area (Å²) in [6, 6.07) is 15.5. The van der Waals surface area contributed by atoms with Gasteiger partial charge in [-0.2, -0.15) is 0 Å². The molecule has 1 saturated heterocycles. The van der Waals surface area contributed by atoms with Crippen LogP contribution in [-0.2, 0) is 16.1 Å². The van der Waals surface area contributed by atoms with Crippen LogP contribution >= 0.6 is 11.6 Å². The van der Waals surface area contributed by atoms with Gasteiger partial charge in [-0.3, -0.25) is 9.59 Å². The summed E-state index contributed by atoms with van der Waals surface area (Å²) in [5, 5.41) is 3.21. The number of halogens is 1. The number of rotatable bonds is 6. The van der Waals surface area contributed by atoms with Gasteiger partial charge in [0.1, 0.15) is 12.6 Å². The van der Waals surface area contributed by atoms with Gasteiger partial charge in [0, 0.05) is 36.8 Å². The molecular formula is C24H28ClN3O4. The zero-order chi connectivity index (χ0) is 23.1. The molecule has 3 amide bonds. The summed E-state index contributed by atoms with van der Waals surface area (Å²) < 4.78 is 5.27. The van der Waals surface area contributed by atoms with Gasteiger partial charge in [-0.15, -0.1) is 0 Å². The largest absolute Gasteiger partial charge is 0.445 e. The molecule has 1 aliphatic heterocycles. The SMILES string of the molecule is CC(C)[C@H](NC(=O)OCc1ccccc1)C(=O)N1CCN(C(=O)c2cccc(Cl)c2)CC1. The van der Waals surface area contributed by atoms with Crippen molar-refractivity contribution in [2.75, 3.05) is 26.2 Å². The molecule has 1 atom stereocenters. The first-order valence-electron chi connectivity index (χ1n) is 10.7. The maximum absolute atomic E-state index is 13.1. The normalized spacial score (nSPS) is 14.8. The average Bonchev–Trinajstić information content (AvgIpc) is 2.81. The predicted octanol–water partition coefficient (Wildman–Crippen LogP) is 3.58. The maximum Gasteiger partial charge on any atom is 0.408 e. The van der Waals surface area contributed by atoms with E-state index in [1.807, 2.05) is 44.2 Å². The quantitative estimate of drug-likeness (QED) is 0.719. The van der Waals surface area contributed by atoms with Crippen molar-refractivity contribution in [2.24, 2.45) is 5.92 Å². The molecule has 32 heavy (non-hydrogen) atoms. The van der Waals surface area contributed by atoms with Crippen LogP contribution in [-0.4, -0.2) is 59.9 Å². The highest BCUT2D eigenvalue weighted by Crippen LogP contribution is 2.15. The van der Waals surface area contributed by atoms with Crippen molar-refractivity contribution in [1.82, 2.24) is 15.1 Å². The number of carbonyl (C=O) groups excluding carboxylic acids is 3. The Morgan fingerprint density at radius 3 is 2.25 bits per heavy atom. The highest BCUT2D eigenvalue weighted by molar-refractivity contribution is 6.30. The minimum absolute atomic E-state index is 0.109. The van der Waals surface area contributed by atoms with Gasteiger partial charge in [0.25, 0.3) is 5.91 Å². The molecule has 0 saturated carbocycles. The van der Waals surface area contributed by atoms with Gasteiger partial charge in [0.15, 0.2) is 0 Å². The molecule has 3 rings (SSSR count). The molecule has 8 heteroatoms. The molecule has 2 aromatic carbocycles. The minimum atomic E-state index is -0.701. The van der Waals surface area contributed by atoms with Gasteiger partial charge in [-0.1, -0.05) is 61.8 Å². The van der Waals surface area contributed by atoms with Crippen LogP contribution < -0.4 is 5.32 Å². The number of nitrogens with one attached hydrogen (secondary N) is 1. The first-order valence-corrected chi connectivity index (χ1v) is 11.0. The summed E-state index contributed by atoms with van der Waals surface area (Å²) >= 11 is 5.99. The number of piperazine rings is 1. The van der Waals surface area contributed by atoms with Crippen molar-refractivity contribution in [3.05, 3.63) is 70.7 Å². The number of nitrogens with zero attached hydrogens (tertiary/aromatic N) is 2. The van der Waals surface area contributed by atoms with E-state index in [2.05, 4.69) is 5.32 Å². The second-order valence-corrected chi connectivity index (χ2v) is 8.49. The van der Waals surface area contributed by atoms with E-state index in [0.29, 0.717) is 36.8 Å². The molecule has 0 unspecified atom stereocenters. The Balaban J connectivity index is 1.53. The van der Waals surface area contributed by atoms with E-state index in [9.17, 15) is 14.4 Å². The molecule has 1 heterocycles. The first kappa shape index (κ1) is 23.6. The molecule has 0 bridgehead atoms. The number of hydrogen-bond acceptors (Lipinski definition) is 4. The fourth-order valence-electron chi connectivity index (χ4n) is 3.54. The van der Waals surface area contributed by atoms with Crippen LogP contribution in [0.3, 0.4) is 0 Å². The molecule has 1 N–H and O–H groups in total. The number of alkyl carbamates (subject to hydrolysis) is 1. The van der Waals surface area contributed by atoms with Gasteiger partial charge in [0.05, 0.1) is 0 Å². The monoisotopic (exact) mass is 457 g/mol. The standard InChI is InChI=1S/C24H28ClN3O4/c1-17(2)21(26-24(31)32-16-18-7-4-3-5-8-18)23(30)28-13-11-27(12-14-28)22(29)19-9-6-10-20(25)15-19/h3-10,15,17,21H,11-14,16H2,1-2H3,(H,26,31)/t21-/m0/s1. The van der Waals surface area contributed by atoms with Crippen molar-refractivity contribution >= 4 is 29.5 Å². The van der Waals surface area contributed by atoms with E-state index < -0.39 is 12.1 Å². The molecule has 0 radical (unpaired) electrons.